The van der Waals surface area contributed by atoms with Crippen molar-refractivity contribution < 1.29 is 4.79 Å². The van der Waals surface area contributed by atoms with Crippen molar-refractivity contribution in [3.63, 3.8) is 0 Å². The van der Waals surface area contributed by atoms with Crippen LogP contribution in [0.4, 0.5) is 0 Å². The maximum absolute atomic E-state index is 11.9. The smallest absolute Gasteiger partial charge is 0.277 e. The molecule has 0 spiro atoms. The number of nitrogens with zero attached hydrogens (tertiary/aromatic N) is 2. The zero-order chi connectivity index (χ0) is 11.5. The predicted molar refractivity (Wildman–Crippen MR) is 65.4 cm³/mol. The molecule has 0 saturated heterocycles. The van der Waals surface area contributed by atoms with Crippen LogP contribution in [0.15, 0.2) is 41.7 Å². The van der Waals surface area contributed by atoms with Crippen LogP contribution in [-0.4, -0.2) is 17.0 Å². The van der Waals surface area contributed by atoms with Crippen LogP contribution in [0.5, 0.6) is 0 Å². The normalized spacial score (nSPS) is 10.2. The fourth-order valence-electron chi connectivity index (χ4n) is 1.42. The minimum Gasteiger partial charge on any atom is -0.277 e. The van der Waals surface area contributed by atoms with Gasteiger partial charge in [-0.3, -0.25) is 9.59 Å². The van der Waals surface area contributed by atoms with Crippen molar-refractivity contribution >= 4 is 28.0 Å². The summed E-state index contributed by atoms with van der Waals surface area (Å²) in [6.07, 6.45) is 2.20. The van der Waals surface area contributed by atoms with E-state index >= 15 is 0 Å². The van der Waals surface area contributed by atoms with Crippen molar-refractivity contribution in [3.8, 4) is 0 Å². The highest BCUT2D eigenvalue weighted by Gasteiger charge is 2.11. The van der Waals surface area contributed by atoms with Gasteiger partial charge in [-0.1, -0.05) is 18.2 Å². The summed E-state index contributed by atoms with van der Waals surface area (Å²) in [5, 5.41) is 1.92. The molecular formula is C11H10N2O2S. The number of carbonyl (C=O) groups excluding carboxylic acids is 1. The molecule has 0 unspecified atom stereocenters. The number of aromatic nitrogens is 1. The van der Waals surface area contributed by atoms with E-state index < -0.39 is 0 Å². The third kappa shape index (κ3) is 1.65. The second-order valence-corrected chi connectivity index (χ2v) is 4.15. The lowest BCUT2D eigenvalue weighted by Crippen LogP contribution is -2.38. The van der Waals surface area contributed by atoms with Crippen molar-refractivity contribution in [2.45, 2.75) is 0 Å². The Morgan fingerprint density at radius 3 is 2.81 bits per heavy atom. The molecule has 0 atom stereocenters. The van der Waals surface area contributed by atoms with E-state index in [4.69, 9.17) is 0 Å². The van der Waals surface area contributed by atoms with Gasteiger partial charge in [-0.15, -0.1) is 6.58 Å². The summed E-state index contributed by atoms with van der Waals surface area (Å²) in [6.45, 7) is 3.86. The van der Waals surface area contributed by atoms with E-state index in [1.165, 1.54) is 20.6 Å². The van der Waals surface area contributed by atoms with Crippen molar-refractivity contribution in [2.75, 3.05) is 11.6 Å². The van der Waals surface area contributed by atoms with Crippen molar-refractivity contribution in [1.29, 1.82) is 0 Å². The molecule has 0 N–H and O–H groups in total. The summed E-state index contributed by atoms with van der Waals surface area (Å²) in [7, 11) is 0. The Bertz CT molecular complexity index is 585. The van der Waals surface area contributed by atoms with Crippen LogP contribution in [-0.2, 0) is 4.79 Å². The lowest BCUT2D eigenvalue weighted by molar-refractivity contribution is -0.108. The fourth-order valence-corrected chi connectivity index (χ4v) is 2.39. The molecular weight excluding hydrogens is 224 g/mol. The maximum Gasteiger partial charge on any atom is 0.287 e. The van der Waals surface area contributed by atoms with Crippen molar-refractivity contribution in [3.05, 3.63) is 47.3 Å². The van der Waals surface area contributed by atoms with Gasteiger partial charge < -0.3 is 0 Å². The van der Waals surface area contributed by atoms with Gasteiger partial charge in [0.2, 0.25) is 6.41 Å². The van der Waals surface area contributed by atoms with Gasteiger partial charge >= 0.3 is 0 Å². The van der Waals surface area contributed by atoms with Crippen LogP contribution < -0.4 is 10.6 Å². The van der Waals surface area contributed by atoms with Gasteiger partial charge in [-0.25, -0.2) is 5.01 Å². The molecule has 0 saturated carbocycles. The largest absolute Gasteiger partial charge is 0.287 e. The molecule has 1 amide bonds. The summed E-state index contributed by atoms with van der Waals surface area (Å²) >= 11 is 1.25. The van der Waals surface area contributed by atoms with Crippen molar-refractivity contribution in [2.24, 2.45) is 0 Å². The number of benzene rings is 1. The van der Waals surface area contributed by atoms with Gasteiger partial charge in [0.05, 0.1) is 16.6 Å². The minimum atomic E-state index is -0.172. The zero-order valence-electron chi connectivity index (χ0n) is 8.50. The number of carbonyl (C=O) groups is 1. The van der Waals surface area contributed by atoms with Gasteiger partial charge in [-0.05, 0) is 23.7 Å². The minimum absolute atomic E-state index is 0.172. The van der Waals surface area contributed by atoms with Gasteiger partial charge in [0.25, 0.3) is 5.56 Å². The van der Waals surface area contributed by atoms with Crippen LogP contribution in [0.1, 0.15) is 0 Å². The number of fused-ring (bicyclic) bond motifs is 1. The molecule has 0 aliphatic heterocycles. The molecule has 1 aromatic heterocycles. The van der Waals surface area contributed by atoms with E-state index in [-0.39, 0.29) is 5.56 Å². The lowest BCUT2D eigenvalue weighted by Gasteiger charge is -2.13. The molecule has 2 rings (SSSR count). The molecule has 82 valence electrons. The standard InChI is InChI=1S/C11H10N2O2S/c1-2-7-12(8-14)13-11(15)9-5-3-4-6-10(9)16-13/h2-6,8H,1,7H2. The molecule has 16 heavy (non-hydrogen) atoms. The first-order valence-corrected chi connectivity index (χ1v) is 5.49. The summed E-state index contributed by atoms with van der Waals surface area (Å²) in [4.78, 5) is 22.8. The van der Waals surface area contributed by atoms with Gasteiger partial charge in [0, 0.05) is 0 Å². The topological polar surface area (TPSA) is 42.3 Å². The van der Waals surface area contributed by atoms with Gasteiger partial charge in [0.15, 0.2) is 0 Å². The van der Waals surface area contributed by atoms with E-state index in [1.807, 2.05) is 12.1 Å². The highest BCUT2D eigenvalue weighted by atomic mass is 32.1. The average molecular weight is 234 g/mol. The Morgan fingerprint density at radius 1 is 1.44 bits per heavy atom. The van der Waals surface area contributed by atoms with Gasteiger partial charge in [0.1, 0.15) is 0 Å². The molecule has 2 aromatic rings. The Kier molecular flexibility index (Phi) is 2.87. The Balaban J connectivity index is 2.60. The van der Waals surface area contributed by atoms with E-state index in [0.29, 0.717) is 18.3 Å². The van der Waals surface area contributed by atoms with E-state index in [2.05, 4.69) is 6.58 Å². The highest BCUT2D eigenvalue weighted by Crippen LogP contribution is 2.15. The Morgan fingerprint density at radius 2 is 2.19 bits per heavy atom. The predicted octanol–water partition coefficient (Wildman–Crippen LogP) is 1.34. The van der Waals surface area contributed by atoms with Crippen molar-refractivity contribution in [1.82, 2.24) is 4.07 Å². The quantitative estimate of drug-likeness (QED) is 0.592. The Labute approximate surface area is 96.1 Å². The molecule has 4 nitrogen and oxygen atoms in total. The third-order valence-corrected chi connectivity index (χ3v) is 3.25. The van der Waals surface area contributed by atoms with E-state index in [9.17, 15) is 9.59 Å². The summed E-state index contributed by atoms with van der Waals surface area (Å²) in [5.41, 5.74) is -0.172. The molecule has 5 heteroatoms. The molecule has 0 aliphatic carbocycles. The molecule has 0 bridgehead atoms. The second-order valence-electron chi connectivity index (χ2n) is 3.18. The monoisotopic (exact) mass is 234 g/mol. The van der Waals surface area contributed by atoms with Gasteiger partial charge in [-0.2, -0.15) is 4.07 Å². The second kappa shape index (κ2) is 4.32. The molecule has 0 radical (unpaired) electrons. The molecule has 0 aliphatic rings. The van der Waals surface area contributed by atoms with Crippen LogP contribution in [0.25, 0.3) is 10.1 Å². The lowest BCUT2D eigenvalue weighted by atomic mass is 10.3. The van der Waals surface area contributed by atoms with Crippen LogP contribution >= 0.6 is 11.5 Å². The van der Waals surface area contributed by atoms with Crippen LogP contribution in [0.2, 0.25) is 0 Å². The number of hydrogen-bond acceptors (Lipinski definition) is 3. The first kappa shape index (κ1) is 10.6. The third-order valence-electron chi connectivity index (χ3n) is 2.15. The molecule has 1 heterocycles. The van der Waals surface area contributed by atoms with E-state index in [1.54, 1.807) is 18.2 Å². The average Bonchev–Trinajstić information content (AvgIpc) is 2.64. The zero-order valence-corrected chi connectivity index (χ0v) is 9.31. The summed E-state index contributed by atoms with van der Waals surface area (Å²) in [6, 6.07) is 7.28. The van der Waals surface area contributed by atoms with Crippen LogP contribution in [0.3, 0.4) is 0 Å². The molecule has 1 aromatic carbocycles. The summed E-state index contributed by atoms with van der Waals surface area (Å²) < 4.78 is 2.21. The highest BCUT2D eigenvalue weighted by molar-refractivity contribution is 7.14. The number of hydrogen-bond donors (Lipinski definition) is 0. The van der Waals surface area contributed by atoms with E-state index in [0.717, 1.165) is 4.70 Å². The maximum atomic E-state index is 11.9. The molecule has 0 fully saturated rings. The SMILES string of the molecule is C=CCN(C=O)n1sc2ccccc2c1=O. The number of rotatable bonds is 4. The number of amides is 1. The first-order valence-electron chi connectivity index (χ1n) is 4.72. The summed E-state index contributed by atoms with van der Waals surface area (Å²) in [5.74, 6) is 0. The first-order chi connectivity index (χ1) is 7.77. The Hall–Kier alpha value is -1.88. The fraction of sp³-hybridized carbons (Fsp3) is 0.0909. The van der Waals surface area contributed by atoms with Crippen LogP contribution in [0, 0.1) is 0 Å².